The predicted molar refractivity (Wildman–Crippen MR) is 94.9 cm³/mol. The Labute approximate surface area is 145 Å². The van der Waals surface area contributed by atoms with Crippen LogP contribution in [0, 0.1) is 11.3 Å². The van der Waals surface area contributed by atoms with Crippen LogP contribution in [0.4, 0.5) is 0 Å². The molecule has 4 atom stereocenters. The summed E-state index contributed by atoms with van der Waals surface area (Å²) in [6.45, 7) is 8.99. The molecule has 2 saturated heterocycles. The smallest absolute Gasteiger partial charge is 0.222 e. The number of fused-ring (bicyclic) bond motifs is 1. The van der Waals surface area contributed by atoms with Gasteiger partial charge in [0.25, 0.3) is 0 Å². The Morgan fingerprint density at radius 2 is 2.12 bits per heavy atom. The largest absolute Gasteiger partial charge is 0.377 e. The van der Waals surface area contributed by atoms with Crippen LogP contribution in [0.25, 0.3) is 0 Å². The number of nitrogens with one attached hydrogen (secondary N) is 2. The molecule has 0 aromatic carbocycles. The molecular weight excluding hydrogens is 304 g/mol. The highest BCUT2D eigenvalue weighted by Crippen LogP contribution is 2.51. The molecule has 3 aliphatic rings. The third-order valence-corrected chi connectivity index (χ3v) is 6.03. The molecule has 0 spiro atoms. The van der Waals surface area contributed by atoms with E-state index in [0.717, 1.165) is 38.5 Å². The van der Waals surface area contributed by atoms with Crippen LogP contribution in [0.2, 0.25) is 0 Å². The number of ether oxygens (including phenoxy) is 1. The Hall–Kier alpha value is -1.30. The molecule has 1 saturated carbocycles. The van der Waals surface area contributed by atoms with Crippen LogP contribution in [0.1, 0.15) is 46.5 Å². The van der Waals surface area contributed by atoms with Crippen molar-refractivity contribution in [3.05, 3.63) is 0 Å². The van der Waals surface area contributed by atoms with Crippen molar-refractivity contribution >= 4 is 11.9 Å². The van der Waals surface area contributed by atoms with Gasteiger partial charge in [-0.3, -0.25) is 9.79 Å². The summed E-state index contributed by atoms with van der Waals surface area (Å²) in [5, 5.41) is 7.14. The molecule has 0 aromatic heterocycles. The van der Waals surface area contributed by atoms with Crippen molar-refractivity contribution in [1.82, 2.24) is 15.5 Å². The van der Waals surface area contributed by atoms with Crippen LogP contribution in [-0.2, 0) is 9.53 Å². The van der Waals surface area contributed by atoms with Crippen LogP contribution in [0.15, 0.2) is 4.99 Å². The highest BCUT2D eigenvalue weighted by Gasteiger charge is 2.58. The van der Waals surface area contributed by atoms with Crippen molar-refractivity contribution in [2.45, 2.75) is 64.6 Å². The summed E-state index contributed by atoms with van der Waals surface area (Å²) in [7, 11) is 1.82. The van der Waals surface area contributed by atoms with Crippen molar-refractivity contribution in [1.29, 1.82) is 0 Å². The van der Waals surface area contributed by atoms with Crippen molar-refractivity contribution in [2.24, 2.45) is 16.3 Å². The second-order valence-electron chi connectivity index (χ2n) is 7.94. The summed E-state index contributed by atoms with van der Waals surface area (Å²) < 4.78 is 5.98. The quantitative estimate of drug-likeness (QED) is 0.603. The third kappa shape index (κ3) is 3.13. The molecule has 136 valence electrons. The molecule has 6 heteroatoms. The average molecular weight is 336 g/mol. The van der Waals surface area contributed by atoms with Crippen LogP contribution >= 0.6 is 0 Å². The maximum absolute atomic E-state index is 11.8. The van der Waals surface area contributed by atoms with Crippen molar-refractivity contribution < 1.29 is 9.53 Å². The number of hydrogen-bond donors (Lipinski definition) is 2. The van der Waals surface area contributed by atoms with Gasteiger partial charge in [-0.2, -0.15) is 0 Å². The fourth-order valence-electron chi connectivity index (χ4n) is 4.66. The number of hydrogen-bond acceptors (Lipinski definition) is 3. The van der Waals surface area contributed by atoms with E-state index in [1.807, 2.05) is 18.9 Å². The maximum Gasteiger partial charge on any atom is 0.222 e. The number of likely N-dealkylation sites (tertiary alicyclic amines) is 1. The molecule has 2 N–H and O–H groups in total. The van der Waals surface area contributed by atoms with Gasteiger partial charge in [0, 0.05) is 56.6 Å². The number of amides is 1. The van der Waals surface area contributed by atoms with Crippen LogP contribution in [-0.4, -0.2) is 61.7 Å². The summed E-state index contributed by atoms with van der Waals surface area (Å²) in [4.78, 5) is 18.2. The molecular formula is C18H32N4O2. The fraction of sp³-hybridized carbons (Fsp3) is 0.889. The number of carbonyl (C=O) groups excluding carboxylic acids is 1. The maximum atomic E-state index is 11.8. The molecule has 3 rings (SSSR count). The standard InChI is InChI=1S/C18H32N4O2/c1-5-14(23)22-9-8-12(11-22)20-17(19-4)21-15-13-7-6-10-24-16(13)18(15,2)3/h12-13,15-16H,5-11H2,1-4H3,(H2,19,20,21). The zero-order valence-electron chi connectivity index (χ0n) is 15.5. The highest BCUT2D eigenvalue weighted by atomic mass is 16.5. The first-order valence-corrected chi connectivity index (χ1v) is 9.36. The van der Waals surface area contributed by atoms with E-state index in [4.69, 9.17) is 4.74 Å². The minimum atomic E-state index is 0.128. The number of nitrogens with zero attached hydrogens (tertiary/aromatic N) is 2. The van der Waals surface area contributed by atoms with E-state index >= 15 is 0 Å². The minimum Gasteiger partial charge on any atom is -0.377 e. The van der Waals surface area contributed by atoms with E-state index < -0.39 is 0 Å². The summed E-state index contributed by atoms with van der Waals surface area (Å²) in [5.41, 5.74) is 0.128. The first-order chi connectivity index (χ1) is 11.5. The zero-order valence-corrected chi connectivity index (χ0v) is 15.5. The van der Waals surface area contributed by atoms with Gasteiger partial charge in [-0.05, 0) is 19.3 Å². The minimum absolute atomic E-state index is 0.128. The molecule has 0 radical (unpaired) electrons. The Morgan fingerprint density at radius 3 is 2.83 bits per heavy atom. The van der Waals surface area contributed by atoms with Gasteiger partial charge < -0.3 is 20.3 Å². The fourth-order valence-corrected chi connectivity index (χ4v) is 4.66. The Morgan fingerprint density at radius 1 is 1.33 bits per heavy atom. The topological polar surface area (TPSA) is 66.0 Å². The van der Waals surface area contributed by atoms with Gasteiger partial charge in [0.05, 0.1) is 6.10 Å². The van der Waals surface area contributed by atoms with Crippen LogP contribution < -0.4 is 10.6 Å². The van der Waals surface area contributed by atoms with Crippen molar-refractivity contribution in [3.8, 4) is 0 Å². The van der Waals surface area contributed by atoms with E-state index in [9.17, 15) is 4.79 Å². The number of guanidine groups is 1. The lowest BCUT2D eigenvalue weighted by molar-refractivity contribution is -0.188. The Kier molecular flexibility index (Phi) is 5.04. The highest BCUT2D eigenvalue weighted by molar-refractivity contribution is 5.81. The van der Waals surface area contributed by atoms with Crippen LogP contribution in [0.3, 0.4) is 0 Å². The molecule has 0 aromatic rings. The Bertz CT molecular complexity index is 505. The van der Waals surface area contributed by atoms with E-state index in [-0.39, 0.29) is 17.4 Å². The summed E-state index contributed by atoms with van der Waals surface area (Å²) in [5.74, 6) is 1.67. The van der Waals surface area contributed by atoms with Gasteiger partial charge in [-0.1, -0.05) is 20.8 Å². The lowest BCUT2D eigenvalue weighted by Gasteiger charge is -2.60. The molecule has 1 amide bonds. The normalized spacial score (nSPS) is 35.2. The number of aliphatic imine (C=N–C) groups is 1. The zero-order chi connectivity index (χ0) is 17.3. The summed E-state index contributed by atoms with van der Waals surface area (Å²) >= 11 is 0. The molecule has 4 unspecified atom stereocenters. The molecule has 2 aliphatic heterocycles. The first kappa shape index (κ1) is 17.5. The van der Waals surface area contributed by atoms with Crippen LogP contribution in [0.5, 0.6) is 0 Å². The van der Waals surface area contributed by atoms with E-state index in [2.05, 4.69) is 29.5 Å². The molecule has 1 aliphatic carbocycles. The van der Waals surface area contributed by atoms with Gasteiger partial charge in [-0.15, -0.1) is 0 Å². The van der Waals surface area contributed by atoms with Crippen molar-refractivity contribution in [3.63, 3.8) is 0 Å². The molecule has 2 heterocycles. The molecule has 0 bridgehead atoms. The summed E-state index contributed by atoms with van der Waals surface area (Å²) in [6.07, 6.45) is 4.31. The van der Waals surface area contributed by atoms with Gasteiger partial charge >= 0.3 is 0 Å². The SMILES string of the molecule is CCC(=O)N1CCC(NC(=NC)NC2C3CCCOC3C2(C)C)C1. The van der Waals surface area contributed by atoms with Gasteiger partial charge in [0.15, 0.2) is 5.96 Å². The van der Waals surface area contributed by atoms with E-state index in [1.54, 1.807) is 0 Å². The van der Waals surface area contributed by atoms with Gasteiger partial charge in [0.2, 0.25) is 5.91 Å². The lowest BCUT2D eigenvalue weighted by atomic mass is 9.55. The van der Waals surface area contributed by atoms with E-state index in [1.165, 1.54) is 6.42 Å². The Balaban J connectivity index is 1.55. The number of rotatable bonds is 3. The molecule has 3 fully saturated rings. The second kappa shape index (κ2) is 6.90. The third-order valence-electron chi connectivity index (χ3n) is 6.03. The van der Waals surface area contributed by atoms with E-state index in [0.29, 0.717) is 24.5 Å². The van der Waals surface area contributed by atoms with Gasteiger partial charge in [-0.25, -0.2) is 0 Å². The second-order valence-corrected chi connectivity index (χ2v) is 7.94. The molecule has 6 nitrogen and oxygen atoms in total. The first-order valence-electron chi connectivity index (χ1n) is 9.36. The predicted octanol–water partition coefficient (Wildman–Crippen LogP) is 1.37. The van der Waals surface area contributed by atoms with Gasteiger partial charge in [0.1, 0.15) is 0 Å². The summed E-state index contributed by atoms with van der Waals surface area (Å²) in [6, 6.07) is 0.678. The lowest BCUT2D eigenvalue weighted by Crippen LogP contribution is -2.71. The average Bonchev–Trinajstić information content (AvgIpc) is 3.06. The van der Waals surface area contributed by atoms with Crippen molar-refractivity contribution in [2.75, 3.05) is 26.7 Å². The monoisotopic (exact) mass is 336 g/mol. The molecule has 24 heavy (non-hydrogen) atoms. The number of carbonyl (C=O) groups is 1.